The first kappa shape index (κ1) is 16.6. The van der Waals surface area contributed by atoms with E-state index in [1.165, 1.54) is 0 Å². The Hall–Kier alpha value is -1.46. The Labute approximate surface area is 121 Å². The van der Waals surface area contributed by atoms with Crippen molar-refractivity contribution in [2.24, 2.45) is 0 Å². The summed E-state index contributed by atoms with van der Waals surface area (Å²) in [5.74, 6) is 2.05. The third-order valence-electron chi connectivity index (χ3n) is 3.06. The first-order chi connectivity index (χ1) is 9.63. The Balaban J connectivity index is 2.65. The van der Waals surface area contributed by atoms with Gasteiger partial charge in [-0.1, -0.05) is 6.07 Å². The number of nitrogens with zero attached hydrogens (tertiary/aromatic N) is 1. The molecule has 20 heavy (non-hydrogen) atoms. The van der Waals surface area contributed by atoms with E-state index in [1.54, 1.807) is 21.3 Å². The molecular formula is C15H26N2O3. The number of benzene rings is 1. The van der Waals surface area contributed by atoms with Crippen molar-refractivity contribution in [3.05, 3.63) is 17.7 Å². The summed E-state index contributed by atoms with van der Waals surface area (Å²) in [6.07, 6.45) is 1.11. The average Bonchev–Trinajstić information content (AvgIpc) is 2.45. The summed E-state index contributed by atoms with van der Waals surface area (Å²) >= 11 is 0. The van der Waals surface area contributed by atoms with E-state index in [1.807, 2.05) is 12.1 Å². The highest BCUT2D eigenvalue weighted by molar-refractivity contribution is 5.55. The maximum Gasteiger partial charge on any atom is 0.203 e. The predicted molar refractivity (Wildman–Crippen MR) is 81.0 cm³/mol. The van der Waals surface area contributed by atoms with Crippen LogP contribution in [0.4, 0.5) is 0 Å². The fourth-order valence-electron chi connectivity index (χ4n) is 2.05. The fourth-order valence-corrected chi connectivity index (χ4v) is 2.05. The summed E-state index contributed by atoms with van der Waals surface area (Å²) in [7, 11) is 9.05. The second-order valence-electron chi connectivity index (χ2n) is 4.83. The SMILES string of the molecule is COc1ccc(CNCCCN(C)C)c(OC)c1OC. The van der Waals surface area contributed by atoms with Gasteiger partial charge in [0.25, 0.3) is 0 Å². The van der Waals surface area contributed by atoms with Gasteiger partial charge in [0.15, 0.2) is 11.5 Å². The van der Waals surface area contributed by atoms with Crippen molar-refractivity contribution >= 4 is 0 Å². The average molecular weight is 282 g/mol. The number of hydrogen-bond acceptors (Lipinski definition) is 5. The molecule has 0 aliphatic rings. The monoisotopic (exact) mass is 282 g/mol. The van der Waals surface area contributed by atoms with Crippen LogP contribution in [0.5, 0.6) is 17.2 Å². The second kappa shape index (κ2) is 8.66. The quantitative estimate of drug-likeness (QED) is 0.699. The van der Waals surface area contributed by atoms with Crippen molar-refractivity contribution < 1.29 is 14.2 Å². The predicted octanol–water partition coefficient (Wildman–Crippen LogP) is 1.75. The number of nitrogens with one attached hydrogen (secondary N) is 1. The van der Waals surface area contributed by atoms with E-state index in [0.29, 0.717) is 11.5 Å². The highest BCUT2D eigenvalue weighted by Crippen LogP contribution is 2.39. The zero-order valence-electron chi connectivity index (χ0n) is 13.2. The van der Waals surface area contributed by atoms with E-state index >= 15 is 0 Å². The standard InChI is InChI=1S/C15H26N2O3/c1-17(2)10-6-9-16-11-12-7-8-13(18-3)15(20-5)14(12)19-4/h7-8,16H,6,9-11H2,1-5H3. The summed E-state index contributed by atoms with van der Waals surface area (Å²) in [4.78, 5) is 2.18. The van der Waals surface area contributed by atoms with Gasteiger partial charge >= 0.3 is 0 Å². The third-order valence-corrected chi connectivity index (χ3v) is 3.06. The third kappa shape index (κ3) is 4.58. The van der Waals surface area contributed by atoms with Crippen LogP contribution in [0.2, 0.25) is 0 Å². The highest BCUT2D eigenvalue weighted by atomic mass is 16.5. The lowest BCUT2D eigenvalue weighted by Crippen LogP contribution is -2.21. The molecule has 1 N–H and O–H groups in total. The number of methoxy groups -OCH3 is 3. The molecule has 0 aromatic heterocycles. The zero-order chi connectivity index (χ0) is 15.0. The zero-order valence-corrected chi connectivity index (χ0v) is 13.2. The van der Waals surface area contributed by atoms with Gasteiger partial charge in [-0.3, -0.25) is 0 Å². The maximum absolute atomic E-state index is 5.45. The first-order valence-corrected chi connectivity index (χ1v) is 6.77. The van der Waals surface area contributed by atoms with Crippen molar-refractivity contribution in [1.82, 2.24) is 10.2 Å². The number of rotatable bonds is 9. The van der Waals surface area contributed by atoms with E-state index < -0.39 is 0 Å². The molecule has 0 unspecified atom stereocenters. The Morgan fingerprint density at radius 1 is 1.00 bits per heavy atom. The Morgan fingerprint density at radius 2 is 1.70 bits per heavy atom. The molecule has 0 radical (unpaired) electrons. The fraction of sp³-hybridized carbons (Fsp3) is 0.600. The normalized spacial score (nSPS) is 10.7. The lowest BCUT2D eigenvalue weighted by atomic mass is 10.1. The molecule has 0 spiro atoms. The van der Waals surface area contributed by atoms with Crippen molar-refractivity contribution in [3.63, 3.8) is 0 Å². The molecule has 5 nitrogen and oxygen atoms in total. The number of ether oxygens (including phenoxy) is 3. The molecule has 0 atom stereocenters. The van der Waals surface area contributed by atoms with Crippen LogP contribution >= 0.6 is 0 Å². The molecule has 0 saturated heterocycles. The van der Waals surface area contributed by atoms with Gasteiger partial charge in [-0.2, -0.15) is 0 Å². The van der Waals surface area contributed by atoms with Crippen LogP contribution in [0.3, 0.4) is 0 Å². The molecule has 0 heterocycles. The van der Waals surface area contributed by atoms with Crippen LogP contribution in [0.1, 0.15) is 12.0 Å². The van der Waals surface area contributed by atoms with Crippen LogP contribution in [-0.2, 0) is 6.54 Å². The van der Waals surface area contributed by atoms with Gasteiger partial charge in [0.2, 0.25) is 5.75 Å². The minimum Gasteiger partial charge on any atom is -0.493 e. The first-order valence-electron chi connectivity index (χ1n) is 6.77. The summed E-state index contributed by atoms with van der Waals surface area (Å²) in [5.41, 5.74) is 1.06. The molecule has 0 fully saturated rings. The van der Waals surface area contributed by atoms with Crippen molar-refractivity contribution in [2.45, 2.75) is 13.0 Å². The lowest BCUT2D eigenvalue weighted by Gasteiger charge is -2.16. The van der Waals surface area contributed by atoms with Gasteiger partial charge in [-0.25, -0.2) is 0 Å². The Morgan fingerprint density at radius 3 is 2.25 bits per heavy atom. The molecule has 1 aromatic rings. The van der Waals surface area contributed by atoms with Gasteiger partial charge in [0.1, 0.15) is 0 Å². The molecule has 1 rings (SSSR count). The number of hydrogen-bond donors (Lipinski definition) is 1. The van der Waals surface area contributed by atoms with Crippen LogP contribution in [0.15, 0.2) is 12.1 Å². The van der Waals surface area contributed by atoms with Crippen molar-refractivity contribution in [1.29, 1.82) is 0 Å². The molecule has 1 aromatic carbocycles. The topological polar surface area (TPSA) is 43.0 Å². The Kier molecular flexibility index (Phi) is 7.18. The smallest absolute Gasteiger partial charge is 0.203 e. The lowest BCUT2D eigenvalue weighted by molar-refractivity contribution is 0.321. The van der Waals surface area contributed by atoms with E-state index in [4.69, 9.17) is 14.2 Å². The van der Waals surface area contributed by atoms with Crippen LogP contribution in [0.25, 0.3) is 0 Å². The van der Waals surface area contributed by atoms with E-state index in [2.05, 4.69) is 24.3 Å². The van der Waals surface area contributed by atoms with E-state index in [0.717, 1.165) is 37.4 Å². The van der Waals surface area contributed by atoms with Crippen LogP contribution < -0.4 is 19.5 Å². The van der Waals surface area contributed by atoms with Crippen LogP contribution in [0, 0.1) is 0 Å². The highest BCUT2D eigenvalue weighted by Gasteiger charge is 2.15. The van der Waals surface area contributed by atoms with Gasteiger partial charge < -0.3 is 24.4 Å². The van der Waals surface area contributed by atoms with E-state index in [-0.39, 0.29) is 0 Å². The second-order valence-corrected chi connectivity index (χ2v) is 4.83. The van der Waals surface area contributed by atoms with Crippen molar-refractivity contribution in [2.75, 3.05) is 48.5 Å². The van der Waals surface area contributed by atoms with Gasteiger partial charge in [0, 0.05) is 12.1 Å². The molecule has 0 saturated carbocycles. The molecule has 0 aliphatic carbocycles. The minimum absolute atomic E-state index is 0.641. The largest absolute Gasteiger partial charge is 0.493 e. The maximum atomic E-state index is 5.45. The Bertz CT molecular complexity index is 408. The molecule has 0 bridgehead atoms. The summed E-state index contributed by atoms with van der Waals surface area (Å²) in [5, 5.41) is 3.42. The van der Waals surface area contributed by atoms with Crippen molar-refractivity contribution in [3.8, 4) is 17.2 Å². The van der Waals surface area contributed by atoms with E-state index in [9.17, 15) is 0 Å². The van der Waals surface area contributed by atoms with Gasteiger partial charge in [-0.15, -0.1) is 0 Å². The molecule has 0 amide bonds. The molecule has 114 valence electrons. The van der Waals surface area contributed by atoms with Gasteiger partial charge in [0.05, 0.1) is 21.3 Å². The van der Waals surface area contributed by atoms with Crippen LogP contribution in [-0.4, -0.2) is 53.4 Å². The summed E-state index contributed by atoms with van der Waals surface area (Å²) in [6, 6.07) is 3.90. The molecular weight excluding hydrogens is 256 g/mol. The molecule has 5 heteroatoms. The minimum atomic E-state index is 0.641. The summed E-state index contributed by atoms with van der Waals surface area (Å²) < 4.78 is 16.1. The molecule has 0 aliphatic heterocycles. The van der Waals surface area contributed by atoms with Gasteiger partial charge in [-0.05, 0) is 39.7 Å². The summed E-state index contributed by atoms with van der Waals surface area (Å²) in [6.45, 7) is 2.79.